The predicted molar refractivity (Wildman–Crippen MR) is 91.8 cm³/mol. The Morgan fingerprint density at radius 1 is 1.13 bits per heavy atom. The Morgan fingerprint density at radius 3 is 2.78 bits per heavy atom. The number of hydrogen-bond acceptors (Lipinski definition) is 2. The van der Waals surface area contributed by atoms with Gasteiger partial charge in [-0.25, -0.2) is 0 Å². The van der Waals surface area contributed by atoms with Crippen molar-refractivity contribution in [1.82, 2.24) is 4.98 Å². The van der Waals surface area contributed by atoms with Gasteiger partial charge < -0.3 is 10.1 Å². The topological polar surface area (TPSA) is 53.1 Å². The summed E-state index contributed by atoms with van der Waals surface area (Å²) in [4.78, 5) is 16.1. The number of nitrogens with one attached hydrogen (secondary N) is 1. The number of rotatable bonds is 1. The third-order valence-corrected chi connectivity index (χ3v) is 4.49. The number of allylic oxidation sites excluding steroid dienone is 1. The third kappa shape index (κ3) is 2.25. The van der Waals surface area contributed by atoms with Gasteiger partial charge in [-0.05, 0) is 49.6 Å². The van der Waals surface area contributed by atoms with Gasteiger partial charge in [-0.2, -0.15) is 0 Å². The Labute approximate surface area is 134 Å². The average molecular weight is 303 g/mol. The summed E-state index contributed by atoms with van der Waals surface area (Å²) >= 11 is 0. The van der Waals surface area contributed by atoms with Crippen LogP contribution in [0.25, 0.3) is 17.0 Å². The quantitative estimate of drug-likeness (QED) is 0.655. The lowest BCUT2D eigenvalue weighted by Gasteiger charge is -2.14. The minimum Gasteiger partial charge on any atom is -0.507 e. The monoisotopic (exact) mass is 303 g/mol. The van der Waals surface area contributed by atoms with Crippen molar-refractivity contribution in [3.63, 3.8) is 0 Å². The normalized spacial score (nSPS) is 16.0. The van der Waals surface area contributed by atoms with E-state index in [4.69, 9.17) is 0 Å². The molecule has 0 spiro atoms. The molecule has 1 aliphatic rings. The van der Waals surface area contributed by atoms with Crippen LogP contribution < -0.4 is 0 Å². The number of fused-ring (bicyclic) bond motifs is 3. The van der Waals surface area contributed by atoms with E-state index >= 15 is 0 Å². The standard InChI is InChI=1S/C20H17NO2/c1-12-6-9-17-16(10-12)15-8-7-14(20(23)19(15)21-17)11-13-4-2-3-5-18(13)22/h2-6,9-11,21-22H,7-8H2,1H3. The van der Waals surface area contributed by atoms with Crippen LogP contribution in [0.5, 0.6) is 5.75 Å². The number of benzene rings is 2. The van der Waals surface area contributed by atoms with E-state index in [9.17, 15) is 9.90 Å². The Kier molecular flexibility index (Phi) is 3.08. The SMILES string of the molecule is Cc1ccc2[nH]c3c(c2c1)CCC(=Cc1ccccc1O)C3=O. The second-order valence-electron chi connectivity index (χ2n) is 6.09. The number of aromatic nitrogens is 1. The van der Waals surface area contributed by atoms with E-state index in [1.54, 1.807) is 18.2 Å². The number of hydrogen-bond donors (Lipinski definition) is 2. The maximum absolute atomic E-state index is 12.8. The van der Waals surface area contributed by atoms with E-state index in [1.807, 2.05) is 24.3 Å². The summed E-state index contributed by atoms with van der Waals surface area (Å²) in [5, 5.41) is 11.1. The van der Waals surface area contributed by atoms with Crippen molar-refractivity contribution in [2.24, 2.45) is 0 Å². The number of aryl methyl sites for hydroxylation is 2. The van der Waals surface area contributed by atoms with Gasteiger partial charge in [0.15, 0.2) is 0 Å². The molecule has 1 aliphatic carbocycles. The van der Waals surface area contributed by atoms with E-state index in [-0.39, 0.29) is 11.5 Å². The van der Waals surface area contributed by atoms with Crippen LogP contribution >= 0.6 is 0 Å². The molecule has 0 saturated heterocycles. The van der Waals surface area contributed by atoms with Crippen LogP contribution in [0.2, 0.25) is 0 Å². The number of aromatic amines is 1. The van der Waals surface area contributed by atoms with Crippen LogP contribution in [0, 0.1) is 6.92 Å². The molecule has 2 N–H and O–H groups in total. The highest BCUT2D eigenvalue weighted by Crippen LogP contribution is 2.33. The molecule has 1 aromatic heterocycles. The molecule has 4 rings (SSSR count). The van der Waals surface area contributed by atoms with Gasteiger partial charge in [0, 0.05) is 22.0 Å². The molecular formula is C20H17NO2. The number of ketones is 1. The second kappa shape index (κ2) is 5.13. The number of H-pyrrole nitrogens is 1. The number of phenols is 1. The number of para-hydroxylation sites is 1. The molecule has 114 valence electrons. The zero-order valence-corrected chi connectivity index (χ0v) is 12.9. The van der Waals surface area contributed by atoms with Crippen molar-refractivity contribution in [2.45, 2.75) is 19.8 Å². The highest BCUT2D eigenvalue weighted by atomic mass is 16.3. The minimum atomic E-state index is 0.0309. The largest absolute Gasteiger partial charge is 0.507 e. The van der Waals surface area contributed by atoms with E-state index in [1.165, 1.54) is 5.56 Å². The molecule has 0 amide bonds. The zero-order chi connectivity index (χ0) is 16.0. The average Bonchev–Trinajstić information content (AvgIpc) is 2.91. The molecule has 0 aliphatic heterocycles. The van der Waals surface area contributed by atoms with Gasteiger partial charge in [0.1, 0.15) is 5.75 Å². The van der Waals surface area contributed by atoms with E-state index in [2.05, 4.69) is 18.0 Å². The fraction of sp³-hybridized carbons (Fsp3) is 0.150. The molecule has 0 atom stereocenters. The van der Waals surface area contributed by atoms with Gasteiger partial charge in [0.05, 0.1) is 5.69 Å². The predicted octanol–water partition coefficient (Wildman–Crippen LogP) is 4.39. The van der Waals surface area contributed by atoms with E-state index < -0.39 is 0 Å². The number of Topliss-reactive ketones (excluding diaryl/α,β-unsaturated/α-hetero) is 1. The summed E-state index contributed by atoms with van der Waals surface area (Å²) in [5.74, 6) is 0.231. The molecule has 0 radical (unpaired) electrons. The summed E-state index contributed by atoms with van der Waals surface area (Å²) in [6.45, 7) is 2.06. The molecular weight excluding hydrogens is 286 g/mol. The van der Waals surface area contributed by atoms with Gasteiger partial charge in [-0.3, -0.25) is 4.79 Å². The van der Waals surface area contributed by atoms with Crippen LogP contribution in [0.3, 0.4) is 0 Å². The molecule has 3 nitrogen and oxygen atoms in total. The molecule has 3 heteroatoms. The van der Waals surface area contributed by atoms with E-state index in [0.29, 0.717) is 17.7 Å². The molecule has 0 bridgehead atoms. The van der Waals surface area contributed by atoms with Crippen LogP contribution in [0.4, 0.5) is 0 Å². The van der Waals surface area contributed by atoms with Crippen LogP contribution in [-0.2, 0) is 6.42 Å². The lowest BCUT2D eigenvalue weighted by Crippen LogP contribution is -2.13. The van der Waals surface area contributed by atoms with Crippen LogP contribution in [-0.4, -0.2) is 15.9 Å². The molecule has 0 unspecified atom stereocenters. The van der Waals surface area contributed by atoms with Crippen LogP contribution in [0.15, 0.2) is 48.0 Å². The van der Waals surface area contributed by atoms with Crippen molar-refractivity contribution in [2.75, 3.05) is 0 Å². The zero-order valence-electron chi connectivity index (χ0n) is 12.9. The maximum atomic E-state index is 12.8. The Hall–Kier alpha value is -2.81. The van der Waals surface area contributed by atoms with Gasteiger partial charge in [-0.15, -0.1) is 0 Å². The number of aromatic hydroxyl groups is 1. The first-order valence-electron chi connectivity index (χ1n) is 7.78. The molecule has 3 aromatic rings. The first-order chi connectivity index (χ1) is 11.1. The van der Waals surface area contributed by atoms with Crippen molar-refractivity contribution in [3.05, 3.63) is 70.4 Å². The number of carbonyl (C=O) groups is 1. The highest BCUT2D eigenvalue weighted by molar-refractivity contribution is 6.15. The number of carbonyl (C=O) groups excluding carboxylic acids is 1. The summed E-state index contributed by atoms with van der Waals surface area (Å²) in [5.41, 5.74) is 5.44. The minimum absolute atomic E-state index is 0.0309. The van der Waals surface area contributed by atoms with E-state index in [0.717, 1.165) is 28.5 Å². The maximum Gasteiger partial charge on any atom is 0.205 e. The van der Waals surface area contributed by atoms with Gasteiger partial charge in [0.25, 0.3) is 0 Å². The summed E-state index contributed by atoms with van der Waals surface area (Å²) in [7, 11) is 0. The van der Waals surface area contributed by atoms with Gasteiger partial charge >= 0.3 is 0 Å². The highest BCUT2D eigenvalue weighted by Gasteiger charge is 2.26. The Balaban J connectivity index is 1.81. The fourth-order valence-electron chi connectivity index (χ4n) is 3.28. The van der Waals surface area contributed by atoms with Gasteiger partial charge in [0.2, 0.25) is 5.78 Å². The van der Waals surface area contributed by atoms with Crippen molar-refractivity contribution in [3.8, 4) is 5.75 Å². The van der Waals surface area contributed by atoms with Gasteiger partial charge in [-0.1, -0.05) is 29.8 Å². The molecule has 1 heterocycles. The summed E-state index contributed by atoms with van der Waals surface area (Å²) in [6, 6.07) is 13.3. The lowest BCUT2D eigenvalue weighted by atomic mass is 9.89. The molecule has 23 heavy (non-hydrogen) atoms. The summed E-state index contributed by atoms with van der Waals surface area (Å²) in [6.07, 6.45) is 3.34. The molecule has 2 aromatic carbocycles. The first-order valence-corrected chi connectivity index (χ1v) is 7.78. The third-order valence-electron chi connectivity index (χ3n) is 4.49. The molecule has 0 saturated carbocycles. The van der Waals surface area contributed by atoms with Crippen molar-refractivity contribution >= 4 is 22.8 Å². The first kappa shape index (κ1) is 13.8. The van der Waals surface area contributed by atoms with Crippen LogP contribution in [0.1, 0.15) is 33.6 Å². The Bertz CT molecular complexity index is 963. The lowest BCUT2D eigenvalue weighted by molar-refractivity contribution is 0.102. The molecule has 0 fully saturated rings. The smallest absolute Gasteiger partial charge is 0.205 e. The van der Waals surface area contributed by atoms with Crippen molar-refractivity contribution in [1.29, 1.82) is 0 Å². The van der Waals surface area contributed by atoms with Crippen molar-refractivity contribution < 1.29 is 9.90 Å². The Morgan fingerprint density at radius 2 is 1.96 bits per heavy atom. The number of phenolic OH excluding ortho intramolecular Hbond substituents is 1. The second-order valence-corrected chi connectivity index (χ2v) is 6.09. The fourth-order valence-corrected chi connectivity index (χ4v) is 3.28. The summed E-state index contributed by atoms with van der Waals surface area (Å²) < 4.78 is 0.